The van der Waals surface area contributed by atoms with Crippen LogP contribution in [0, 0.1) is 5.92 Å². The molecule has 0 aliphatic carbocycles. The van der Waals surface area contributed by atoms with Crippen molar-refractivity contribution in [2.75, 3.05) is 39.2 Å². The zero-order valence-corrected chi connectivity index (χ0v) is 17.4. The summed E-state index contributed by atoms with van der Waals surface area (Å²) < 4.78 is 16.0. The highest BCUT2D eigenvalue weighted by Gasteiger charge is 2.27. The summed E-state index contributed by atoms with van der Waals surface area (Å²) in [5, 5.41) is 3.06. The first-order valence-electron chi connectivity index (χ1n) is 9.48. The maximum absolute atomic E-state index is 12.3. The smallest absolute Gasteiger partial charge is 0.410 e. The van der Waals surface area contributed by atoms with Crippen molar-refractivity contribution < 1.29 is 19.0 Å². The Kier molecular flexibility index (Phi) is 7.37. The van der Waals surface area contributed by atoms with Crippen LogP contribution in [0.5, 0.6) is 11.5 Å². The van der Waals surface area contributed by atoms with E-state index in [1.54, 1.807) is 31.3 Å². The number of carbonyl (C=O) groups excluding carboxylic acids is 1. The summed E-state index contributed by atoms with van der Waals surface area (Å²) in [6, 6.07) is 5.44. The molecule has 1 unspecified atom stereocenters. The van der Waals surface area contributed by atoms with Gasteiger partial charge in [-0.15, -0.1) is 0 Å². The molecule has 1 aliphatic heterocycles. The maximum atomic E-state index is 12.3. The highest BCUT2D eigenvalue weighted by Crippen LogP contribution is 2.29. The first kappa shape index (κ1) is 21.7. The average molecular weight is 393 g/mol. The SMILES string of the molecule is COc1ccc(NC(N)=NCC2CCCN(C(=O)OC(C)(C)C)C2)cc1OC. The van der Waals surface area contributed by atoms with Gasteiger partial charge in [-0.05, 0) is 51.7 Å². The lowest BCUT2D eigenvalue weighted by molar-refractivity contribution is 0.0171. The van der Waals surface area contributed by atoms with Gasteiger partial charge in [0.15, 0.2) is 17.5 Å². The van der Waals surface area contributed by atoms with Crippen LogP contribution in [0.1, 0.15) is 33.6 Å². The molecule has 1 aromatic rings. The first-order valence-corrected chi connectivity index (χ1v) is 9.48. The fourth-order valence-corrected chi connectivity index (χ4v) is 3.04. The molecule has 1 heterocycles. The standard InChI is InChI=1S/C20H32N4O4/c1-20(2,3)28-19(25)24-10-6-7-14(13-24)12-22-18(21)23-15-8-9-16(26-4)17(11-15)27-5/h8-9,11,14H,6-7,10,12-13H2,1-5H3,(H3,21,22,23). The quantitative estimate of drug-likeness (QED) is 0.590. The predicted octanol–water partition coefficient (Wildman–Crippen LogP) is 3.08. The Balaban J connectivity index is 1.91. The fraction of sp³-hybridized carbons (Fsp3) is 0.600. The van der Waals surface area contributed by atoms with Crippen molar-refractivity contribution in [1.82, 2.24) is 4.90 Å². The number of rotatable bonds is 5. The monoisotopic (exact) mass is 392 g/mol. The van der Waals surface area contributed by atoms with Crippen molar-refractivity contribution in [3.05, 3.63) is 18.2 Å². The van der Waals surface area contributed by atoms with E-state index in [0.29, 0.717) is 37.1 Å². The zero-order valence-electron chi connectivity index (χ0n) is 17.4. The Hall–Kier alpha value is -2.64. The molecule has 3 N–H and O–H groups in total. The average Bonchev–Trinajstić information content (AvgIpc) is 2.65. The Morgan fingerprint density at radius 2 is 2.00 bits per heavy atom. The lowest BCUT2D eigenvalue weighted by Gasteiger charge is -2.33. The third kappa shape index (κ3) is 6.51. The van der Waals surface area contributed by atoms with E-state index in [1.165, 1.54) is 0 Å². The molecular formula is C20H32N4O4. The lowest BCUT2D eigenvalue weighted by atomic mass is 9.98. The van der Waals surface area contributed by atoms with Crippen LogP contribution in [0.4, 0.5) is 10.5 Å². The number of benzene rings is 1. The Morgan fingerprint density at radius 1 is 1.29 bits per heavy atom. The number of nitrogens with zero attached hydrogens (tertiary/aromatic N) is 2. The number of hydrogen-bond acceptors (Lipinski definition) is 5. The summed E-state index contributed by atoms with van der Waals surface area (Å²) in [4.78, 5) is 18.5. The molecule has 0 radical (unpaired) electrons. The van der Waals surface area contributed by atoms with E-state index in [-0.39, 0.29) is 12.0 Å². The van der Waals surface area contributed by atoms with E-state index < -0.39 is 5.60 Å². The number of methoxy groups -OCH3 is 2. The normalized spacial score (nSPS) is 17.8. The van der Waals surface area contributed by atoms with Crippen molar-refractivity contribution >= 4 is 17.7 Å². The summed E-state index contributed by atoms with van der Waals surface area (Å²) >= 11 is 0. The minimum absolute atomic E-state index is 0.257. The molecule has 0 bridgehead atoms. The predicted molar refractivity (Wildman–Crippen MR) is 110 cm³/mol. The molecule has 156 valence electrons. The van der Waals surface area contributed by atoms with E-state index in [1.807, 2.05) is 26.8 Å². The second-order valence-corrected chi connectivity index (χ2v) is 7.86. The number of hydrogen-bond donors (Lipinski definition) is 2. The van der Waals surface area contributed by atoms with E-state index in [2.05, 4.69) is 10.3 Å². The summed E-state index contributed by atoms with van der Waals surface area (Å²) in [6.45, 7) is 7.51. The van der Waals surface area contributed by atoms with Gasteiger partial charge < -0.3 is 30.2 Å². The third-order valence-electron chi connectivity index (χ3n) is 4.35. The molecule has 1 aliphatic rings. The lowest BCUT2D eigenvalue weighted by Crippen LogP contribution is -2.43. The molecule has 1 atom stereocenters. The molecule has 1 saturated heterocycles. The molecule has 8 heteroatoms. The highest BCUT2D eigenvalue weighted by atomic mass is 16.6. The van der Waals surface area contributed by atoms with Gasteiger partial charge in [-0.2, -0.15) is 0 Å². The van der Waals surface area contributed by atoms with E-state index in [9.17, 15) is 4.79 Å². The van der Waals surface area contributed by atoms with Crippen LogP contribution < -0.4 is 20.5 Å². The van der Waals surface area contributed by atoms with Crippen LogP contribution in [-0.2, 0) is 4.74 Å². The molecule has 8 nitrogen and oxygen atoms in total. The van der Waals surface area contributed by atoms with E-state index in [0.717, 1.165) is 18.5 Å². The number of nitrogens with two attached hydrogens (primary N) is 1. The number of ether oxygens (including phenoxy) is 3. The Bertz CT molecular complexity index is 700. The van der Waals surface area contributed by atoms with Gasteiger partial charge in [0.2, 0.25) is 0 Å². The van der Waals surface area contributed by atoms with Gasteiger partial charge >= 0.3 is 6.09 Å². The summed E-state index contributed by atoms with van der Waals surface area (Å²) in [7, 11) is 3.17. The topological polar surface area (TPSA) is 98.4 Å². The minimum Gasteiger partial charge on any atom is -0.493 e. The molecule has 0 spiro atoms. The molecular weight excluding hydrogens is 360 g/mol. The second kappa shape index (κ2) is 9.52. The molecule has 0 aromatic heterocycles. The van der Waals surface area contributed by atoms with E-state index in [4.69, 9.17) is 19.9 Å². The van der Waals surface area contributed by atoms with Gasteiger partial charge in [0.1, 0.15) is 5.60 Å². The van der Waals surface area contributed by atoms with Crippen LogP contribution in [0.25, 0.3) is 0 Å². The number of aliphatic imine (C=N–C) groups is 1. The molecule has 1 amide bonds. The van der Waals surface area contributed by atoms with Crippen LogP contribution in [-0.4, -0.2) is 56.4 Å². The summed E-state index contributed by atoms with van der Waals surface area (Å²) in [5.41, 5.74) is 6.30. The fourth-order valence-electron chi connectivity index (χ4n) is 3.04. The molecule has 28 heavy (non-hydrogen) atoms. The number of nitrogens with one attached hydrogen (secondary N) is 1. The van der Waals surface area contributed by atoms with E-state index >= 15 is 0 Å². The Morgan fingerprint density at radius 3 is 2.64 bits per heavy atom. The van der Waals surface area contributed by atoms with Gasteiger partial charge in [-0.1, -0.05) is 0 Å². The van der Waals surface area contributed by atoms with Crippen molar-refractivity contribution in [3.8, 4) is 11.5 Å². The second-order valence-electron chi connectivity index (χ2n) is 7.86. The number of likely N-dealkylation sites (tertiary alicyclic amines) is 1. The van der Waals surface area contributed by atoms with Gasteiger partial charge in [-0.25, -0.2) is 4.79 Å². The van der Waals surface area contributed by atoms with Gasteiger partial charge in [0, 0.05) is 31.4 Å². The number of guanidine groups is 1. The van der Waals surface area contributed by atoms with Crippen molar-refractivity contribution in [2.45, 2.75) is 39.2 Å². The number of anilines is 1. The first-order chi connectivity index (χ1) is 13.2. The third-order valence-corrected chi connectivity index (χ3v) is 4.35. The summed E-state index contributed by atoms with van der Waals surface area (Å²) in [6.07, 6.45) is 1.67. The van der Waals surface area contributed by atoms with Crippen molar-refractivity contribution in [2.24, 2.45) is 16.6 Å². The molecule has 2 rings (SSSR count). The maximum Gasteiger partial charge on any atom is 0.410 e. The van der Waals surface area contributed by atoms with Gasteiger partial charge in [-0.3, -0.25) is 4.99 Å². The molecule has 1 aromatic carbocycles. The largest absolute Gasteiger partial charge is 0.493 e. The highest BCUT2D eigenvalue weighted by molar-refractivity contribution is 5.92. The molecule has 0 saturated carbocycles. The molecule has 1 fully saturated rings. The van der Waals surface area contributed by atoms with Crippen molar-refractivity contribution in [1.29, 1.82) is 0 Å². The minimum atomic E-state index is -0.490. The number of piperidine rings is 1. The zero-order chi connectivity index (χ0) is 20.7. The van der Waals surface area contributed by atoms with Crippen LogP contribution in [0.3, 0.4) is 0 Å². The summed E-state index contributed by atoms with van der Waals surface area (Å²) in [5.74, 6) is 1.84. The van der Waals surface area contributed by atoms with Crippen LogP contribution >= 0.6 is 0 Å². The van der Waals surface area contributed by atoms with Crippen LogP contribution in [0.15, 0.2) is 23.2 Å². The van der Waals surface area contributed by atoms with Crippen LogP contribution in [0.2, 0.25) is 0 Å². The number of carbonyl (C=O) groups is 1. The van der Waals surface area contributed by atoms with Gasteiger partial charge in [0.05, 0.1) is 14.2 Å². The Labute approximate surface area is 167 Å². The van der Waals surface area contributed by atoms with Crippen molar-refractivity contribution in [3.63, 3.8) is 0 Å². The van der Waals surface area contributed by atoms with Gasteiger partial charge in [0.25, 0.3) is 0 Å². The number of amides is 1.